The van der Waals surface area contributed by atoms with Crippen LogP contribution in [-0.2, 0) is 6.54 Å². The molecule has 0 saturated heterocycles. The molecule has 7 heteroatoms. The summed E-state index contributed by atoms with van der Waals surface area (Å²) in [4.78, 5) is 16.9. The summed E-state index contributed by atoms with van der Waals surface area (Å²) in [6.07, 6.45) is 12.9. The van der Waals surface area contributed by atoms with Crippen LogP contribution in [0.1, 0.15) is 31.2 Å². The molecule has 7 nitrogen and oxygen atoms in total. The number of aromatic amines is 2. The summed E-state index contributed by atoms with van der Waals surface area (Å²) in [5.41, 5.74) is 6.63. The van der Waals surface area contributed by atoms with Crippen molar-refractivity contribution in [3.8, 4) is 22.6 Å². The van der Waals surface area contributed by atoms with E-state index < -0.39 is 0 Å². The lowest BCUT2D eigenvalue weighted by atomic mass is 10.1. The van der Waals surface area contributed by atoms with Gasteiger partial charge < -0.3 is 10.3 Å². The number of aromatic nitrogens is 6. The highest BCUT2D eigenvalue weighted by Gasteiger charge is 2.15. The van der Waals surface area contributed by atoms with Crippen molar-refractivity contribution in [2.24, 2.45) is 5.92 Å². The smallest absolute Gasteiger partial charge is 0.137 e. The van der Waals surface area contributed by atoms with Crippen molar-refractivity contribution in [3.05, 3.63) is 60.7 Å². The molecule has 3 N–H and O–H groups in total. The molecular weight excluding hydrogens is 398 g/mol. The highest BCUT2D eigenvalue weighted by molar-refractivity contribution is 5.96. The van der Waals surface area contributed by atoms with Crippen LogP contribution in [0.15, 0.2) is 55.1 Å². The third-order valence-corrected chi connectivity index (χ3v) is 6.42. The quantitative estimate of drug-likeness (QED) is 0.363. The Morgan fingerprint density at radius 3 is 2.88 bits per heavy atom. The number of H-pyrrole nitrogens is 2. The molecule has 32 heavy (non-hydrogen) atoms. The van der Waals surface area contributed by atoms with Gasteiger partial charge in [-0.3, -0.25) is 15.1 Å². The number of nitrogens with zero attached hydrogens (tertiary/aromatic N) is 4. The van der Waals surface area contributed by atoms with Crippen molar-refractivity contribution >= 4 is 21.9 Å². The van der Waals surface area contributed by atoms with E-state index >= 15 is 0 Å². The van der Waals surface area contributed by atoms with E-state index in [0.29, 0.717) is 0 Å². The van der Waals surface area contributed by atoms with Crippen molar-refractivity contribution in [2.45, 2.75) is 32.2 Å². The van der Waals surface area contributed by atoms with Crippen LogP contribution in [0.25, 0.3) is 44.6 Å². The van der Waals surface area contributed by atoms with Gasteiger partial charge in [0.25, 0.3) is 0 Å². The summed E-state index contributed by atoms with van der Waals surface area (Å²) in [6, 6.07) is 10.3. The molecule has 5 aromatic heterocycles. The van der Waals surface area contributed by atoms with E-state index in [1.807, 2.05) is 30.7 Å². The summed E-state index contributed by atoms with van der Waals surface area (Å²) >= 11 is 0. The van der Waals surface area contributed by atoms with E-state index in [1.165, 1.54) is 31.2 Å². The fraction of sp³-hybridized carbons (Fsp3) is 0.280. The molecule has 6 rings (SSSR count). The minimum Gasteiger partial charge on any atom is -0.338 e. The average molecular weight is 424 g/mol. The standard InChI is InChI=1S/C25H25N7/c1-2-5-16(4-1)11-26-12-17-8-19(14-27-13-17)21-10-20-23(15-29-21)31-32-24(20)22-9-18-6-3-7-28-25(18)30-22/h3,6-10,13-16,26H,1-2,4-5,11-12H2,(H,28,30)(H,31,32). The molecule has 0 atom stereocenters. The third-order valence-electron chi connectivity index (χ3n) is 6.42. The largest absolute Gasteiger partial charge is 0.338 e. The predicted octanol–water partition coefficient (Wildman–Crippen LogP) is 4.84. The molecule has 0 amide bonds. The van der Waals surface area contributed by atoms with Gasteiger partial charge in [-0.25, -0.2) is 4.98 Å². The Kier molecular flexibility index (Phi) is 4.88. The molecule has 0 aliphatic heterocycles. The Balaban J connectivity index is 1.28. The summed E-state index contributed by atoms with van der Waals surface area (Å²) < 4.78 is 0. The first-order chi connectivity index (χ1) is 15.8. The second kappa shape index (κ2) is 8.16. The maximum Gasteiger partial charge on any atom is 0.137 e. The Morgan fingerprint density at radius 1 is 1.03 bits per heavy atom. The van der Waals surface area contributed by atoms with Crippen LogP contribution in [0.5, 0.6) is 0 Å². The van der Waals surface area contributed by atoms with Gasteiger partial charge in [-0.15, -0.1) is 0 Å². The molecule has 0 unspecified atom stereocenters. The molecule has 1 aliphatic carbocycles. The van der Waals surface area contributed by atoms with Crippen LogP contribution >= 0.6 is 0 Å². The summed E-state index contributed by atoms with van der Waals surface area (Å²) in [6.45, 7) is 1.92. The molecule has 1 fully saturated rings. The molecule has 5 heterocycles. The number of hydrogen-bond donors (Lipinski definition) is 3. The highest BCUT2D eigenvalue weighted by atomic mass is 15.1. The highest BCUT2D eigenvalue weighted by Crippen LogP contribution is 2.30. The van der Waals surface area contributed by atoms with Crippen LogP contribution in [0.2, 0.25) is 0 Å². The van der Waals surface area contributed by atoms with E-state index in [4.69, 9.17) is 0 Å². The first-order valence-electron chi connectivity index (χ1n) is 11.3. The molecule has 1 saturated carbocycles. The van der Waals surface area contributed by atoms with Crippen molar-refractivity contribution in [2.75, 3.05) is 6.54 Å². The van der Waals surface area contributed by atoms with Crippen molar-refractivity contribution in [3.63, 3.8) is 0 Å². The molecule has 0 spiro atoms. The summed E-state index contributed by atoms with van der Waals surface area (Å²) in [5.74, 6) is 0.828. The fourth-order valence-electron chi connectivity index (χ4n) is 4.72. The van der Waals surface area contributed by atoms with Crippen molar-refractivity contribution < 1.29 is 0 Å². The van der Waals surface area contributed by atoms with Gasteiger partial charge in [-0.2, -0.15) is 5.10 Å². The van der Waals surface area contributed by atoms with Gasteiger partial charge in [0, 0.05) is 41.5 Å². The Morgan fingerprint density at radius 2 is 1.97 bits per heavy atom. The lowest BCUT2D eigenvalue weighted by molar-refractivity contribution is 0.489. The normalized spacial score (nSPS) is 14.6. The van der Waals surface area contributed by atoms with E-state index in [-0.39, 0.29) is 0 Å². The summed E-state index contributed by atoms with van der Waals surface area (Å²) in [7, 11) is 0. The SMILES string of the molecule is c1cnc2[nH]c(-c3n[nH]c4cnc(-c5cncc(CNCC6CCCC6)c5)cc34)cc2c1. The maximum absolute atomic E-state index is 4.66. The zero-order valence-corrected chi connectivity index (χ0v) is 17.8. The average Bonchev–Trinajstić information content (AvgIpc) is 3.58. The van der Waals surface area contributed by atoms with E-state index in [0.717, 1.165) is 63.6 Å². The molecule has 1 aliphatic rings. The Bertz CT molecular complexity index is 1340. The van der Waals surface area contributed by atoms with Crippen molar-refractivity contribution in [1.82, 2.24) is 35.5 Å². The van der Waals surface area contributed by atoms with Crippen LogP contribution in [0, 0.1) is 5.92 Å². The van der Waals surface area contributed by atoms with Gasteiger partial charge in [-0.05, 0) is 61.2 Å². The fourth-order valence-corrected chi connectivity index (χ4v) is 4.72. The second-order valence-corrected chi connectivity index (χ2v) is 8.67. The van der Waals surface area contributed by atoms with Gasteiger partial charge in [0.1, 0.15) is 11.3 Å². The van der Waals surface area contributed by atoms with Crippen molar-refractivity contribution in [1.29, 1.82) is 0 Å². The van der Waals surface area contributed by atoms with Gasteiger partial charge in [0.2, 0.25) is 0 Å². The first-order valence-corrected chi connectivity index (χ1v) is 11.3. The zero-order chi connectivity index (χ0) is 21.3. The van der Waals surface area contributed by atoms with Gasteiger partial charge in [-0.1, -0.05) is 12.8 Å². The Hall–Kier alpha value is -3.58. The number of rotatable bonds is 6. The van der Waals surface area contributed by atoms with Gasteiger partial charge in [0.15, 0.2) is 0 Å². The molecule has 0 aromatic carbocycles. The molecule has 0 bridgehead atoms. The topological polar surface area (TPSA) is 95.2 Å². The minimum absolute atomic E-state index is 0.828. The van der Waals surface area contributed by atoms with Crippen LogP contribution in [0.4, 0.5) is 0 Å². The van der Waals surface area contributed by atoms with Crippen LogP contribution < -0.4 is 5.32 Å². The van der Waals surface area contributed by atoms with E-state index in [9.17, 15) is 0 Å². The maximum atomic E-state index is 4.66. The molecule has 160 valence electrons. The monoisotopic (exact) mass is 423 g/mol. The van der Waals surface area contributed by atoms with E-state index in [2.05, 4.69) is 53.6 Å². The third kappa shape index (κ3) is 3.65. The lowest BCUT2D eigenvalue weighted by Gasteiger charge is -2.11. The number of nitrogens with one attached hydrogen (secondary N) is 3. The first kappa shape index (κ1) is 19.1. The van der Waals surface area contributed by atoms with Crippen LogP contribution in [-0.4, -0.2) is 36.7 Å². The number of hydrogen-bond acceptors (Lipinski definition) is 5. The van der Waals surface area contributed by atoms with Gasteiger partial charge in [0.05, 0.1) is 23.1 Å². The van der Waals surface area contributed by atoms with E-state index in [1.54, 1.807) is 6.20 Å². The molecule has 5 aromatic rings. The van der Waals surface area contributed by atoms with Crippen LogP contribution in [0.3, 0.4) is 0 Å². The zero-order valence-electron chi connectivity index (χ0n) is 17.8. The lowest BCUT2D eigenvalue weighted by Crippen LogP contribution is -2.20. The number of fused-ring (bicyclic) bond motifs is 2. The second-order valence-electron chi connectivity index (χ2n) is 8.67. The Labute approximate surface area is 185 Å². The summed E-state index contributed by atoms with van der Waals surface area (Å²) in [5, 5.41) is 13.3. The number of pyridine rings is 3. The van der Waals surface area contributed by atoms with Gasteiger partial charge >= 0.3 is 0 Å². The minimum atomic E-state index is 0.828. The molecule has 0 radical (unpaired) electrons. The predicted molar refractivity (Wildman–Crippen MR) is 126 cm³/mol. The molecular formula is C25H25N7.